The highest BCUT2D eigenvalue weighted by atomic mass is 35.5. The third-order valence-corrected chi connectivity index (χ3v) is 4.69. The molecule has 3 rings (SSSR count). The second-order valence-corrected chi connectivity index (χ2v) is 6.64. The third kappa shape index (κ3) is 3.89. The average molecular weight is 396 g/mol. The fraction of sp³-hybridized carbons (Fsp3) is 0.235. The van der Waals surface area contributed by atoms with E-state index in [0.29, 0.717) is 28.1 Å². The number of carbonyl (C=O) groups is 1. The molecule has 0 aliphatic rings. The van der Waals surface area contributed by atoms with Crippen molar-refractivity contribution in [2.24, 2.45) is 0 Å². The number of hydrogen-bond donors (Lipinski definition) is 1. The van der Waals surface area contributed by atoms with Crippen molar-refractivity contribution in [1.29, 1.82) is 0 Å². The minimum atomic E-state index is -0.542. The lowest BCUT2D eigenvalue weighted by atomic mass is 10.2. The molecule has 6 nitrogen and oxygen atoms in total. The van der Waals surface area contributed by atoms with E-state index >= 15 is 0 Å². The molecule has 1 atom stereocenters. The van der Waals surface area contributed by atoms with Crippen LogP contribution in [0, 0.1) is 12.7 Å². The Morgan fingerprint density at radius 1 is 1.31 bits per heavy atom. The first-order valence-corrected chi connectivity index (χ1v) is 8.58. The fourth-order valence-corrected chi connectivity index (χ4v) is 2.83. The predicted octanol–water partition coefficient (Wildman–Crippen LogP) is 4.08. The van der Waals surface area contributed by atoms with E-state index in [4.69, 9.17) is 23.2 Å². The van der Waals surface area contributed by atoms with Gasteiger partial charge in [0.2, 0.25) is 5.91 Å². The number of amides is 1. The maximum absolute atomic E-state index is 13.1. The summed E-state index contributed by atoms with van der Waals surface area (Å²) in [6, 6.07) is 5.32. The Bertz CT molecular complexity index is 953. The number of halogens is 3. The van der Waals surface area contributed by atoms with Gasteiger partial charge in [-0.2, -0.15) is 10.2 Å². The van der Waals surface area contributed by atoms with E-state index in [1.165, 1.54) is 18.3 Å². The largest absolute Gasteiger partial charge is 0.307 e. The van der Waals surface area contributed by atoms with Crippen molar-refractivity contribution in [2.45, 2.75) is 26.4 Å². The summed E-state index contributed by atoms with van der Waals surface area (Å²) in [6.45, 7) is 3.87. The summed E-state index contributed by atoms with van der Waals surface area (Å²) in [5, 5.41) is 12.0. The van der Waals surface area contributed by atoms with Crippen molar-refractivity contribution >= 4 is 34.9 Å². The summed E-state index contributed by atoms with van der Waals surface area (Å²) in [5.41, 5.74) is 1.44. The van der Waals surface area contributed by atoms with Crippen LogP contribution in [0.4, 0.5) is 10.2 Å². The topological polar surface area (TPSA) is 64.7 Å². The normalized spacial score (nSPS) is 12.2. The summed E-state index contributed by atoms with van der Waals surface area (Å²) in [4.78, 5) is 12.4. The van der Waals surface area contributed by atoms with Gasteiger partial charge in [0, 0.05) is 17.3 Å². The molecule has 9 heteroatoms. The number of hydrogen-bond acceptors (Lipinski definition) is 3. The zero-order chi connectivity index (χ0) is 18.8. The van der Waals surface area contributed by atoms with Gasteiger partial charge in [0.25, 0.3) is 0 Å². The molecule has 2 heterocycles. The van der Waals surface area contributed by atoms with Crippen LogP contribution < -0.4 is 5.32 Å². The number of aromatic nitrogens is 4. The van der Waals surface area contributed by atoms with Crippen LogP contribution in [0.5, 0.6) is 0 Å². The Hall–Kier alpha value is -2.38. The molecule has 0 aliphatic carbocycles. The molecular weight excluding hydrogens is 380 g/mol. The van der Waals surface area contributed by atoms with Crippen molar-refractivity contribution in [2.75, 3.05) is 5.32 Å². The van der Waals surface area contributed by atoms with Crippen LogP contribution in [-0.4, -0.2) is 25.5 Å². The molecule has 0 fully saturated rings. The van der Waals surface area contributed by atoms with Crippen LogP contribution in [0.1, 0.15) is 24.2 Å². The van der Waals surface area contributed by atoms with Crippen molar-refractivity contribution < 1.29 is 9.18 Å². The Labute approximate surface area is 159 Å². The summed E-state index contributed by atoms with van der Waals surface area (Å²) in [5.74, 6) is -0.260. The van der Waals surface area contributed by atoms with Crippen molar-refractivity contribution in [3.63, 3.8) is 0 Å². The second kappa shape index (κ2) is 7.47. The number of nitrogens with zero attached hydrogens (tertiary/aromatic N) is 4. The Kier molecular flexibility index (Phi) is 5.29. The third-order valence-electron chi connectivity index (χ3n) is 3.97. The lowest BCUT2D eigenvalue weighted by Crippen LogP contribution is -2.25. The van der Waals surface area contributed by atoms with Crippen LogP contribution >= 0.6 is 23.2 Å². The number of rotatable bonds is 5. The van der Waals surface area contributed by atoms with Gasteiger partial charge in [-0.3, -0.25) is 14.2 Å². The highest BCUT2D eigenvalue weighted by Crippen LogP contribution is 2.20. The Morgan fingerprint density at radius 3 is 2.73 bits per heavy atom. The molecule has 0 saturated heterocycles. The molecule has 26 heavy (non-hydrogen) atoms. The molecule has 1 aromatic carbocycles. The first kappa shape index (κ1) is 18.4. The zero-order valence-electron chi connectivity index (χ0n) is 14.1. The van der Waals surface area contributed by atoms with Gasteiger partial charge in [0.1, 0.15) is 11.9 Å². The van der Waals surface area contributed by atoms with E-state index in [1.807, 2.05) is 0 Å². The van der Waals surface area contributed by atoms with Gasteiger partial charge >= 0.3 is 0 Å². The van der Waals surface area contributed by atoms with Gasteiger partial charge in [-0.25, -0.2) is 4.39 Å². The molecule has 1 N–H and O–H groups in total. The number of anilines is 1. The molecule has 0 saturated carbocycles. The van der Waals surface area contributed by atoms with Gasteiger partial charge in [0.05, 0.1) is 23.5 Å². The lowest BCUT2D eigenvalue weighted by Gasteiger charge is -2.13. The summed E-state index contributed by atoms with van der Waals surface area (Å²) in [7, 11) is 0. The molecule has 1 amide bonds. The maximum Gasteiger partial charge on any atom is 0.250 e. The zero-order valence-corrected chi connectivity index (χ0v) is 15.6. The molecule has 0 radical (unpaired) electrons. The maximum atomic E-state index is 13.1. The van der Waals surface area contributed by atoms with Crippen LogP contribution in [0.25, 0.3) is 0 Å². The molecular formula is C17H16Cl2FN5O. The summed E-state index contributed by atoms with van der Waals surface area (Å²) >= 11 is 12.0. The number of benzene rings is 1. The van der Waals surface area contributed by atoms with E-state index in [9.17, 15) is 9.18 Å². The Balaban J connectivity index is 1.68. The van der Waals surface area contributed by atoms with E-state index in [1.54, 1.807) is 41.5 Å². The first-order valence-electron chi connectivity index (χ1n) is 7.83. The molecule has 136 valence electrons. The molecule has 0 aliphatic heterocycles. The summed E-state index contributed by atoms with van der Waals surface area (Å²) < 4.78 is 16.3. The van der Waals surface area contributed by atoms with E-state index in [-0.39, 0.29) is 5.91 Å². The number of nitrogens with one attached hydrogen (secondary N) is 1. The van der Waals surface area contributed by atoms with Gasteiger partial charge in [-0.1, -0.05) is 29.3 Å². The highest BCUT2D eigenvalue weighted by Gasteiger charge is 2.19. The van der Waals surface area contributed by atoms with Gasteiger partial charge in [-0.05, 0) is 31.5 Å². The monoisotopic (exact) mass is 395 g/mol. The van der Waals surface area contributed by atoms with E-state index in [0.717, 1.165) is 5.56 Å². The van der Waals surface area contributed by atoms with E-state index in [2.05, 4.69) is 15.5 Å². The average Bonchev–Trinajstić information content (AvgIpc) is 3.17. The van der Waals surface area contributed by atoms with Crippen LogP contribution in [0.15, 0.2) is 36.7 Å². The quantitative estimate of drug-likeness (QED) is 0.707. The molecule has 2 aromatic heterocycles. The summed E-state index contributed by atoms with van der Waals surface area (Å²) in [6.07, 6.45) is 3.21. The van der Waals surface area contributed by atoms with Crippen LogP contribution in [0.3, 0.4) is 0 Å². The molecule has 0 bridgehead atoms. The van der Waals surface area contributed by atoms with E-state index < -0.39 is 11.9 Å². The SMILES string of the molecule is Cc1c(Cl)cnn1C(C)C(=O)Nc1ccn(Cc2ccc(F)cc2Cl)n1. The first-order chi connectivity index (χ1) is 12.3. The molecule has 3 aromatic rings. The molecule has 0 spiro atoms. The number of carbonyl (C=O) groups excluding carboxylic acids is 1. The van der Waals surface area contributed by atoms with Crippen molar-refractivity contribution in [3.8, 4) is 0 Å². The second-order valence-electron chi connectivity index (χ2n) is 5.82. The van der Waals surface area contributed by atoms with Gasteiger partial charge in [-0.15, -0.1) is 0 Å². The Morgan fingerprint density at radius 2 is 2.08 bits per heavy atom. The minimum Gasteiger partial charge on any atom is -0.307 e. The predicted molar refractivity (Wildman–Crippen MR) is 98.1 cm³/mol. The minimum absolute atomic E-state index is 0.266. The van der Waals surface area contributed by atoms with Gasteiger partial charge in [0.15, 0.2) is 5.82 Å². The lowest BCUT2D eigenvalue weighted by molar-refractivity contribution is -0.119. The van der Waals surface area contributed by atoms with Crippen LogP contribution in [0.2, 0.25) is 10.0 Å². The van der Waals surface area contributed by atoms with Gasteiger partial charge < -0.3 is 5.32 Å². The van der Waals surface area contributed by atoms with Crippen molar-refractivity contribution in [3.05, 3.63) is 63.8 Å². The smallest absolute Gasteiger partial charge is 0.250 e. The van der Waals surface area contributed by atoms with Crippen LogP contribution in [-0.2, 0) is 11.3 Å². The standard InChI is InChI=1S/C17H16Cl2FN5O/c1-10-15(19)8-21-25(10)11(2)17(26)22-16-5-6-24(23-16)9-12-3-4-13(20)7-14(12)18/h3-8,11H,9H2,1-2H3,(H,22,23,26). The van der Waals surface area contributed by atoms with Crippen molar-refractivity contribution in [1.82, 2.24) is 19.6 Å². The highest BCUT2D eigenvalue weighted by molar-refractivity contribution is 6.31. The molecule has 1 unspecified atom stereocenters. The fourth-order valence-electron chi connectivity index (χ4n) is 2.48.